The van der Waals surface area contributed by atoms with Crippen molar-refractivity contribution in [2.24, 2.45) is 5.14 Å². The van der Waals surface area contributed by atoms with Crippen LogP contribution in [0, 0.1) is 0 Å². The molecular weight excluding hydrogens is 332 g/mol. The monoisotopic (exact) mass is 356 g/mol. The molecule has 4 N–H and O–H groups in total. The Kier molecular flexibility index (Phi) is 5.34. The number of hydrogen-bond donors (Lipinski definition) is 3. The van der Waals surface area contributed by atoms with Gasteiger partial charge in [0.25, 0.3) is 10.0 Å². The van der Waals surface area contributed by atoms with Crippen LogP contribution >= 0.6 is 0 Å². The second kappa shape index (κ2) is 6.94. The molecule has 24 heavy (non-hydrogen) atoms. The van der Waals surface area contributed by atoms with Gasteiger partial charge < -0.3 is 15.3 Å². The van der Waals surface area contributed by atoms with Crippen LogP contribution in [0.1, 0.15) is 39.5 Å². The number of hydrogen-bond acceptors (Lipinski definition) is 5. The summed E-state index contributed by atoms with van der Waals surface area (Å²) in [6.07, 6.45) is 2.34. The van der Waals surface area contributed by atoms with Crippen molar-refractivity contribution < 1.29 is 18.3 Å². The van der Waals surface area contributed by atoms with Crippen molar-refractivity contribution in [1.82, 2.24) is 9.88 Å². The number of nitrogens with two attached hydrogens (primary N) is 1. The molecule has 1 aliphatic heterocycles. The number of pyridine rings is 1. The van der Waals surface area contributed by atoms with Gasteiger partial charge in [0.1, 0.15) is 5.82 Å². The highest BCUT2D eigenvalue weighted by atomic mass is 32.2. The smallest absolute Gasteiger partial charge is 0.407 e. The Bertz CT molecular complexity index is 705. The van der Waals surface area contributed by atoms with Gasteiger partial charge in [-0.05, 0) is 51.7 Å². The molecule has 8 nitrogen and oxygen atoms in total. The fourth-order valence-electron chi connectivity index (χ4n) is 3.18. The van der Waals surface area contributed by atoms with Crippen LogP contribution in [0.4, 0.5) is 10.6 Å². The summed E-state index contributed by atoms with van der Waals surface area (Å²) < 4.78 is 22.6. The van der Waals surface area contributed by atoms with E-state index < -0.39 is 16.1 Å². The molecule has 0 radical (unpaired) electrons. The standard InChI is InChI=1S/C15H24N4O4S/c1-15(2)9-8-11(19(15)14(20)21)5-4-10-17-12-6-3-7-13(18-12)24(16,22)23/h3,6-7,11H,4-5,8-10H2,1-2H3,(H,17,18)(H,20,21)(H2,16,22,23). The van der Waals surface area contributed by atoms with Gasteiger partial charge in [-0.15, -0.1) is 0 Å². The number of aromatic nitrogens is 1. The Morgan fingerprint density at radius 3 is 2.83 bits per heavy atom. The van der Waals surface area contributed by atoms with E-state index in [4.69, 9.17) is 5.14 Å². The maximum atomic E-state index is 11.4. The Labute approximate surface area is 142 Å². The van der Waals surface area contributed by atoms with Crippen molar-refractivity contribution in [3.63, 3.8) is 0 Å². The van der Waals surface area contributed by atoms with Crippen LogP contribution in [-0.4, -0.2) is 47.6 Å². The molecule has 0 aromatic carbocycles. The van der Waals surface area contributed by atoms with Crippen LogP contribution in [0.15, 0.2) is 23.2 Å². The van der Waals surface area contributed by atoms with Crippen molar-refractivity contribution in [2.45, 2.75) is 56.1 Å². The zero-order valence-corrected chi connectivity index (χ0v) is 14.7. The predicted octanol–water partition coefficient (Wildman–Crippen LogP) is 1.84. The molecule has 0 spiro atoms. The van der Waals surface area contributed by atoms with Gasteiger partial charge in [0, 0.05) is 18.1 Å². The third-order valence-corrected chi connectivity index (χ3v) is 5.16. The molecule has 0 bridgehead atoms. The fraction of sp³-hybridized carbons (Fsp3) is 0.600. The minimum absolute atomic E-state index is 0.0167. The number of rotatable bonds is 6. The number of likely N-dealkylation sites (tertiary alicyclic amines) is 1. The van der Waals surface area contributed by atoms with E-state index in [9.17, 15) is 18.3 Å². The van der Waals surface area contributed by atoms with Crippen LogP contribution < -0.4 is 10.5 Å². The van der Waals surface area contributed by atoms with Crippen molar-refractivity contribution in [3.05, 3.63) is 18.2 Å². The van der Waals surface area contributed by atoms with Crippen molar-refractivity contribution >= 4 is 21.9 Å². The lowest BCUT2D eigenvalue weighted by atomic mass is 10.0. The van der Waals surface area contributed by atoms with E-state index >= 15 is 0 Å². The highest BCUT2D eigenvalue weighted by Crippen LogP contribution is 2.35. The number of carboxylic acid groups (broad SMARTS) is 1. The quantitative estimate of drug-likeness (QED) is 0.668. The lowest BCUT2D eigenvalue weighted by molar-refractivity contribution is 0.0935. The first-order chi connectivity index (χ1) is 11.1. The van der Waals surface area contributed by atoms with Crippen LogP contribution in [0.2, 0.25) is 0 Å². The van der Waals surface area contributed by atoms with E-state index in [1.165, 1.54) is 6.07 Å². The topological polar surface area (TPSA) is 126 Å². The average molecular weight is 356 g/mol. The van der Waals surface area contributed by atoms with Crippen molar-refractivity contribution in [1.29, 1.82) is 0 Å². The normalized spacial score (nSPS) is 20.1. The number of carbonyl (C=O) groups is 1. The lowest BCUT2D eigenvalue weighted by Gasteiger charge is -2.33. The van der Waals surface area contributed by atoms with Crippen LogP contribution in [0.5, 0.6) is 0 Å². The molecule has 1 fully saturated rings. The molecule has 1 amide bonds. The second-order valence-corrected chi connectivity index (χ2v) is 8.14. The summed E-state index contributed by atoms with van der Waals surface area (Å²) in [5.41, 5.74) is -0.324. The number of anilines is 1. The first-order valence-corrected chi connectivity index (χ1v) is 9.42. The molecule has 2 rings (SSSR count). The van der Waals surface area contributed by atoms with Gasteiger partial charge in [-0.1, -0.05) is 6.07 Å². The first-order valence-electron chi connectivity index (χ1n) is 7.87. The summed E-state index contributed by atoms with van der Waals surface area (Å²) in [5, 5.41) is 17.3. The van der Waals surface area contributed by atoms with E-state index in [1.54, 1.807) is 17.0 Å². The molecule has 1 saturated heterocycles. The molecule has 0 saturated carbocycles. The molecule has 1 unspecified atom stereocenters. The second-order valence-electron chi connectivity index (χ2n) is 6.63. The van der Waals surface area contributed by atoms with Crippen LogP contribution in [0.25, 0.3) is 0 Å². The SMILES string of the molecule is CC1(C)CCC(CCCNc2cccc(S(N)(=O)=O)n2)N1C(=O)O. The molecule has 1 aromatic rings. The average Bonchev–Trinajstić information content (AvgIpc) is 2.78. The number of nitrogens with zero attached hydrogens (tertiary/aromatic N) is 2. The predicted molar refractivity (Wildman–Crippen MR) is 90.3 cm³/mol. The van der Waals surface area contributed by atoms with Gasteiger partial charge in [-0.25, -0.2) is 23.3 Å². The molecule has 1 aliphatic rings. The molecule has 1 aromatic heterocycles. The Morgan fingerprint density at radius 2 is 2.21 bits per heavy atom. The fourth-order valence-corrected chi connectivity index (χ4v) is 3.67. The van der Waals surface area contributed by atoms with Gasteiger partial charge in [-0.2, -0.15) is 0 Å². The minimum Gasteiger partial charge on any atom is -0.465 e. The number of sulfonamides is 1. The number of primary sulfonamides is 1. The van der Waals surface area contributed by atoms with Crippen molar-refractivity contribution in [2.75, 3.05) is 11.9 Å². The maximum Gasteiger partial charge on any atom is 0.407 e. The van der Waals surface area contributed by atoms with Gasteiger partial charge in [0.15, 0.2) is 5.03 Å². The van der Waals surface area contributed by atoms with Crippen LogP contribution in [0.3, 0.4) is 0 Å². The van der Waals surface area contributed by atoms with E-state index in [0.717, 1.165) is 25.7 Å². The number of nitrogens with one attached hydrogen (secondary N) is 1. The van der Waals surface area contributed by atoms with E-state index in [-0.39, 0.29) is 16.6 Å². The largest absolute Gasteiger partial charge is 0.465 e. The molecule has 9 heteroatoms. The first kappa shape index (κ1) is 18.5. The van der Waals surface area contributed by atoms with Gasteiger partial charge in [-0.3, -0.25) is 0 Å². The Hall–Kier alpha value is -1.87. The third kappa shape index (κ3) is 4.35. The number of amides is 1. The summed E-state index contributed by atoms with van der Waals surface area (Å²) >= 11 is 0. The molecular formula is C15H24N4O4S. The zero-order valence-electron chi connectivity index (χ0n) is 13.9. The summed E-state index contributed by atoms with van der Waals surface area (Å²) in [6, 6.07) is 4.59. The molecule has 1 atom stereocenters. The molecule has 134 valence electrons. The third-order valence-electron chi connectivity index (χ3n) is 4.35. The lowest BCUT2D eigenvalue weighted by Crippen LogP contribution is -2.46. The zero-order chi connectivity index (χ0) is 18.0. The summed E-state index contributed by atoms with van der Waals surface area (Å²) in [4.78, 5) is 16.9. The Balaban J connectivity index is 1.86. The molecule has 0 aliphatic carbocycles. The van der Waals surface area contributed by atoms with Gasteiger partial charge >= 0.3 is 6.09 Å². The van der Waals surface area contributed by atoms with Gasteiger partial charge in [0.2, 0.25) is 0 Å². The molecule has 2 heterocycles. The van der Waals surface area contributed by atoms with Crippen LogP contribution in [-0.2, 0) is 10.0 Å². The van der Waals surface area contributed by atoms with E-state index in [2.05, 4.69) is 10.3 Å². The summed E-state index contributed by atoms with van der Waals surface area (Å²) in [5.74, 6) is 0.434. The maximum absolute atomic E-state index is 11.4. The highest BCUT2D eigenvalue weighted by molar-refractivity contribution is 7.89. The van der Waals surface area contributed by atoms with Crippen molar-refractivity contribution in [3.8, 4) is 0 Å². The summed E-state index contributed by atoms with van der Waals surface area (Å²) in [7, 11) is -3.82. The van der Waals surface area contributed by atoms with E-state index in [1.807, 2.05) is 13.8 Å². The van der Waals surface area contributed by atoms with Gasteiger partial charge in [0.05, 0.1) is 0 Å². The van der Waals surface area contributed by atoms with E-state index in [0.29, 0.717) is 12.4 Å². The highest BCUT2D eigenvalue weighted by Gasteiger charge is 2.41. The Morgan fingerprint density at radius 1 is 1.50 bits per heavy atom. The summed E-state index contributed by atoms with van der Waals surface area (Å²) in [6.45, 7) is 4.47. The minimum atomic E-state index is -3.82.